The standard InChI is InChI=1S/C19H13BrN4O3/c20-15-3-1-2-14(10-15)19(26)27-16-6-4-13(5-7-16)11-23-24-18(25)17-12-21-8-9-22-17/h1-12H,(H,24,25)/b23-11-. The zero-order valence-electron chi connectivity index (χ0n) is 13.9. The van der Waals surface area contributed by atoms with E-state index < -0.39 is 11.9 Å². The fourth-order valence-corrected chi connectivity index (χ4v) is 2.44. The van der Waals surface area contributed by atoms with Crippen molar-refractivity contribution in [1.82, 2.24) is 15.4 Å². The second-order valence-corrected chi connectivity index (χ2v) is 6.17. The van der Waals surface area contributed by atoms with Gasteiger partial charge in [0.2, 0.25) is 0 Å². The molecule has 27 heavy (non-hydrogen) atoms. The minimum absolute atomic E-state index is 0.171. The number of nitrogens with one attached hydrogen (secondary N) is 1. The summed E-state index contributed by atoms with van der Waals surface area (Å²) in [6, 6.07) is 13.6. The molecule has 0 aliphatic carbocycles. The molecule has 0 unspecified atom stereocenters. The fourth-order valence-electron chi connectivity index (χ4n) is 2.04. The molecule has 1 aromatic heterocycles. The van der Waals surface area contributed by atoms with Gasteiger partial charge in [0.15, 0.2) is 0 Å². The molecule has 3 rings (SSSR count). The summed E-state index contributed by atoms with van der Waals surface area (Å²) in [6.07, 6.45) is 5.71. The Bertz CT molecular complexity index is 976. The molecule has 1 amide bonds. The lowest BCUT2D eigenvalue weighted by molar-refractivity contribution is 0.0734. The predicted octanol–water partition coefficient (Wildman–Crippen LogP) is 3.22. The van der Waals surface area contributed by atoms with Gasteiger partial charge in [-0.2, -0.15) is 5.10 Å². The molecule has 0 atom stereocenters. The Kier molecular flexibility index (Phi) is 6.01. The Morgan fingerprint density at radius 3 is 2.63 bits per heavy atom. The van der Waals surface area contributed by atoms with Crippen molar-refractivity contribution in [2.45, 2.75) is 0 Å². The number of benzene rings is 2. The predicted molar refractivity (Wildman–Crippen MR) is 103 cm³/mol. The third-order valence-electron chi connectivity index (χ3n) is 3.33. The highest BCUT2D eigenvalue weighted by Crippen LogP contribution is 2.16. The van der Waals surface area contributed by atoms with Gasteiger partial charge in [-0.15, -0.1) is 0 Å². The summed E-state index contributed by atoms with van der Waals surface area (Å²) in [6.45, 7) is 0. The van der Waals surface area contributed by atoms with Crippen LogP contribution in [0.4, 0.5) is 0 Å². The number of hydrogen-bond acceptors (Lipinski definition) is 6. The highest BCUT2D eigenvalue weighted by Gasteiger charge is 2.09. The topological polar surface area (TPSA) is 93.5 Å². The van der Waals surface area contributed by atoms with Crippen LogP contribution >= 0.6 is 15.9 Å². The van der Waals surface area contributed by atoms with Crippen molar-refractivity contribution in [3.8, 4) is 5.75 Å². The lowest BCUT2D eigenvalue weighted by Crippen LogP contribution is -2.19. The van der Waals surface area contributed by atoms with E-state index in [1.807, 2.05) is 6.07 Å². The summed E-state index contributed by atoms with van der Waals surface area (Å²) in [4.78, 5) is 31.6. The van der Waals surface area contributed by atoms with Crippen molar-refractivity contribution in [3.63, 3.8) is 0 Å². The number of carbonyl (C=O) groups excluding carboxylic acids is 2. The molecule has 134 valence electrons. The smallest absolute Gasteiger partial charge is 0.343 e. The summed E-state index contributed by atoms with van der Waals surface area (Å²) in [5, 5.41) is 3.86. The number of rotatable bonds is 5. The van der Waals surface area contributed by atoms with Crippen LogP contribution in [0.1, 0.15) is 26.4 Å². The Morgan fingerprint density at radius 2 is 1.93 bits per heavy atom. The molecule has 8 heteroatoms. The first-order valence-corrected chi connectivity index (χ1v) is 8.58. The summed E-state index contributed by atoms with van der Waals surface area (Å²) in [5.41, 5.74) is 3.70. The number of esters is 1. The normalized spacial score (nSPS) is 10.6. The minimum Gasteiger partial charge on any atom is -0.423 e. The Hall–Kier alpha value is -3.39. The number of halogens is 1. The summed E-state index contributed by atoms with van der Waals surface area (Å²) in [5.74, 6) is -0.506. The summed E-state index contributed by atoms with van der Waals surface area (Å²) >= 11 is 3.31. The first kappa shape index (κ1) is 18.4. The van der Waals surface area contributed by atoms with Gasteiger partial charge >= 0.3 is 5.97 Å². The maximum atomic E-state index is 12.1. The SMILES string of the molecule is O=C(Oc1ccc(/C=N\NC(=O)c2cnccn2)cc1)c1cccc(Br)c1. The third kappa shape index (κ3) is 5.29. The monoisotopic (exact) mass is 424 g/mol. The van der Waals surface area contributed by atoms with Crippen LogP contribution in [0, 0.1) is 0 Å². The summed E-state index contributed by atoms with van der Waals surface area (Å²) in [7, 11) is 0. The quantitative estimate of drug-likeness (QED) is 0.293. The van der Waals surface area contributed by atoms with Crippen molar-refractivity contribution >= 4 is 34.0 Å². The number of aromatic nitrogens is 2. The average Bonchev–Trinajstić information content (AvgIpc) is 2.70. The molecule has 0 fully saturated rings. The van der Waals surface area contributed by atoms with Gasteiger partial charge in [-0.1, -0.05) is 22.0 Å². The van der Waals surface area contributed by atoms with Gasteiger partial charge in [0.05, 0.1) is 18.0 Å². The average molecular weight is 425 g/mol. The van der Waals surface area contributed by atoms with E-state index >= 15 is 0 Å². The molecule has 0 aliphatic heterocycles. The lowest BCUT2D eigenvalue weighted by atomic mass is 10.2. The van der Waals surface area contributed by atoms with Crippen molar-refractivity contribution in [1.29, 1.82) is 0 Å². The maximum absolute atomic E-state index is 12.1. The number of carbonyl (C=O) groups is 2. The number of amides is 1. The van der Waals surface area contributed by atoms with Crippen LogP contribution in [0.3, 0.4) is 0 Å². The van der Waals surface area contributed by atoms with E-state index in [1.165, 1.54) is 24.8 Å². The van der Waals surface area contributed by atoms with Crippen molar-refractivity contribution in [2.75, 3.05) is 0 Å². The number of hydrogen-bond donors (Lipinski definition) is 1. The van der Waals surface area contributed by atoms with E-state index in [9.17, 15) is 9.59 Å². The zero-order chi connectivity index (χ0) is 19.1. The lowest BCUT2D eigenvalue weighted by Gasteiger charge is -2.05. The molecule has 0 aliphatic rings. The molecule has 0 spiro atoms. The van der Waals surface area contributed by atoms with Gasteiger partial charge < -0.3 is 4.74 Å². The van der Waals surface area contributed by atoms with Gasteiger partial charge in [0.1, 0.15) is 11.4 Å². The molecule has 0 radical (unpaired) electrons. The van der Waals surface area contributed by atoms with Crippen molar-refractivity contribution in [3.05, 3.63) is 88.4 Å². The van der Waals surface area contributed by atoms with Crippen molar-refractivity contribution < 1.29 is 14.3 Å². The highest BCUT2D eigenvalue weighted by molar-refractivity contribution is 9.10. The fraction of sp³-hybridized carbons (Fsp3) is 0. The number of nitrogens with zero attached hydrogens (tertiary/aromatic N) is 3. The van der Waals surface area contributed by atoms with Crippen LogP contribution in [-0.4, -0.2) is 28.1 Å². The van der Waals surface area contributed by atoms with E-state index in [-0.39, 0.29) is 5.69 Å². The maximum Gasteiger partial charge on any atom is 0.343 e. The molecule has 0 saturated heterocycles. The molecule has 3 aromatic rings. The molecule has 0 bridgehead atoms. The molecule has 2 aromatic carbocycles. The van der Waals surface area contributed by atoms with E-state index in [4.69, 9.17) is 4.74 Å². The zero-order valence-corrected chi connectivity index (χ0v) is 15.5. The Labute approximate surface area is 163 Å². The van der Waals surface area contributed by atoms with Gasteiger partial charge in [-0.05, 0) is 48.0 Å². The first-order valence-electron chi connectivity index (χ1n) is 7.79. The summed E-state index contributed by atoms with van der Waals surface area (Å²) < 4.78 is 6.12. The van der Waals surface area contributed by atoms with Crippen LogP contribution in [0.25, 0.3) is 0 Å². The Balaban J connectivity index is 1.57. The van der Waals surface area contributed by atoms with Gasteiger partial charge in [0.25, 0.3) is 5.91 Å². The van der Waals surface area contributed by atoms with Crippen LogP contribution < -0.4 is 10.2 Å². The van der Waals surface area contributed by atoms with Crippen LogP contribution in [0.2, 0.25) is 0 Å². The largest absolute Gasteiger partial charge is 0.423 e. The van der Waals surface area contributed by atoms with E-state index in [0.29, 0.717) is 11.3 Å². The Morgan fingerprint density at radius 1 is 1.11 bits per heavy atom. The molecule has 1 N–H and O–H groups in total. The van der Waals surface area contributed by atoms with Gasteiger partial charge in [0, 0.05) is 16.9 Å². The van der Waals surface area contributed by atoms with Crippen LogP contribution in [0.5, 0.6) is 5.75 Å². The van der Waals surface area contributed by atoms with Gasteiger partial charge in [-0.3, -0.25) is 9.78 Å². The highest BCUT2D eigenvalue weighted by atomic mass is 79.9. The minimum atomic E-state index is -0.459. The van der Waals surface area contributed by atoms with E-state index in [1.54, 1.807) is 42.5 Å². The van der Waals surface area contributed by atoms with Crippen LogP contribution in [-0.2, 0) is 0 Å². The third-order valence-corrected chi connectivity index (χ3v) is 3.82. The second-order valence-electron chi connectivity index (χ2n) is 5.26. The van der Waals surface area contributed by atoms with E-state index in [2.05, 4.69) is 36.4 Å². The molecular weight excluding hydrogens is 412 g/mol. The second kappa shape index (κ2) is 8.81. The first-order chi connectivity index (χ1) is 13.1. The van der Waals surface area contributed by atoms with Gasteiger partial charge in [-0.25, -0.2) is 15.2 Å². The van der Waals surface area contributed by atoms with E-state index in [0.717, 1.165) is 10.0 Å². The molecule has 0 saturated carbocycles. The van der Waals surface area contributed by atoms with Crippen LogP contribution in [0.15, 0.2) is 76.7 Å². The van der Waals surface area contributed by atoms with Crippen molar-refractivity contribution in [2.24, 2.45) is 5.10 Å². The molecular formula is C19H13BrN4O3. The molecule has 1 heterocycles. The number of hydrazone groups is 1. The number of ether oxygens (including phenoxy) is 1. The molecule has 7 nitrogen and oxygen atoms in total.